The summed E-state index contributed by atoms with van der Waals surface area (Å²) in [4.78, 5) is 72.4. The largest absolute Gasteiger partial charge is 0.481 e. The van der Waals surface area contributed by atoms with Crippen molar-refractivity contribution in [2.45, 2.75) is 49.1 Å². The van der Waals surface area contributed by atoms with Crippen LogP contribution in [0.2, 0.25) is 0 Å². The Labute approximate surface area is 266 Å². The monoisotopic (exact) mass is 745 g/mol. The van der Waals surface area contributed by atoms with Crippen LogP contribution in [0.3, 0.4) is 0 Å². The van der Waals surface area contributed by atoms with Gasteiger partial charge in [0, 0.05) is 6.07 Å². The maximum atomic E-state index is 12.5. The third-order valence-corrected chi connectivity index (χ3v) is 10.1. The molecule has 2 fully saturated rings. The van der Waals surface area contributed by atoms with E-state index >= 15 is 0 Å². The number of aromatic nitrogens is 5. The summed E-state index contributed by atoms with van der Waals surface area (Å²) in [6, 6.07) is 2.78. The molecule has 10 unspecified atom stereocenters. The zero-order valence-electron chi connectivity index (χ0n) is 23.8. The number of phosphoric acid groups is 3. The summed E-state index contributed by atoms with van der Waals surface area (Å²) in [5.74, 6) is -0.795. The van der Waals surface area contributed by atoms with Crippen LogP contribution in [0.25, 0.3) is 11.2 Å². The number of primary amides is 1. The van der Waals surface area contributed by atoms with Gasteiger partial charge in [-0.15, -0.1) is 0 Å². The van der Waals surface area contributed by atoms with Crippen molar-refractivity contribution in [3.05, 3.63) is 53.1 Å². The molecular weight excluding hydrogens is 717 g/mol. The van der Waals surface area contributed by atoms with Crippen LogP contribution >= 0.6 is 23.5 Å². The van der Waals surface area contributed by atoms with Gasteiger partial charge in [0.25, 0.3) is 17.7 Å². The minimum Gasteiger partial charge on any atom is -0.387 e. The van der Waals surface area contributed by atoms with Gasteiger partial charge in [-0.05, 0) is 6.07 Å². The highest BCUT2D eigenvalue weighted by atomic mass is 31.3. The van der Waals surface area contributed by atoms with Gasteiger partial charge in [0.2, 0.25) is 0 Å². The van der Waals surface area contributed by atoms with E-state index in [-0.39, 0.29) is 16.7 Å². The van der Waals surface area contributed by atoms with Crippen molar-refractivity contribution < 1.29 is 85.3 Å². The van der Waals surface area contributed by atoms with E-state index in [0.29, 0.717) is 0 Å². The van der Waals surface area contributed by atoms with Gasteiger partial charge in [-0.25, -0.2) is 23.7 Å². The smallest absolute Gasteiger partial charge is 0.387 e. The number of ether oxygens (including phenoxy) is 2. The van der Waals surface area contributed by atoms with Gasteiger partial charge in [0.05, 0.1) is 25.9 Å². The van der Waals surface area contributed by atoms with E-state index in [1.807, 2.05) is 0 Å². The summed E-state index contributed by atoms with van der Waals surface area (Å²) < 4.78 is 68.1. The molecule has 5 rings (SSSR count). The van der Waals surface area contributed by atoms with Crippen molar-refractivity contribution >= 4 is 40.5 Å². The maximum Gasteiger partial charge on any atom is 0.481 e. The summed E-state index contributed by atoms with van der Waals surface area (Å²) in [6.07, 6.45) is -8.79. The molecule has 0 bridgehead atoms. The first-order chi connectivity index (χ1) is 22.4. The molecule has 24 nitrogen and oxygen atoms in total. The Morgan fingerprint density at radius 1 is 1.00 bits per heavy atom. The number of phosphoric ester groups is 3. The van der Waals surface area contributed by atoms with Gasteiger partial charge < -0.3 is 55.1 Å². The van der Waals surface area contributed by atoms with E-state index < -0.39 is 97.2 Å². The molecular formula is C21H28N6O18P3+. The molecule has 0 aromatic carbocycles. The fraction of sp³-hybridized carbons (Fsp3) is 0.476. The number of H-pyrrole nitrogens is 1. The van der Waals surface area contributed by atoms with Crippen LogP contribution < -0.4 is 15.9 Å². The Kier molecular flexibility index (Phi) is 10.5. The van der Waals surface area contributed by atoms with E-state index in [1.54, 1.807) is 0 Å². The van der Waals surface area contributed by atoms with Crippen molar-refractivity contribution in [2.24, 2.45) is 5.73 Å². The Morgan fingerprint density at radius 3 is 2.27 bits per heavy atom. The Balaban J connectivity index is 1.21. The average molecular weight is 745 g/mol. The molecule has 10 N–H and O–H groups in total. The van der Waals surface area contributed by atoms with Crippen LogP contribution in [0.15, 0.2) is 42.0 Å². The molecule has 27 heteroatoms. The van der Waals surface area contributed by atoms with Crippen molar-refractivity contribution in [2.75, 3.05) is 13.2 Å². The van der Waals surface area contributed by atoms with Crippen molar-refractivity contribution in [3.8, 4) is 0 Å². The number of amides is 1. The fourth-order valence-corrected chi connectivity index (χ4v) is 7.46. The number of aromatic amines is 1. The number of hydrogen-bond acceptors (Lipinski definition) is 16. The predicted molar refractivity (Wildman–Crippen MR) is 149 cm³/mol. The van der Waals surface area contributed by atoms with Crippen molar-refractivity contribution in [3.63, 3.8) is 0 Å². The second-order valence-corrected chi connectivity index (χ2v) is 14.5. The van der Waals surface area contributed by atoms with Crippen LogP contribution in [-0.4, -0.2) is 110 Å². The summed E-state index contributed by atoms with van der Waals surface area (Å²) in [6.45, 7) is -2.07. The summed E-state index contributed by atoms with van der Waals surface area (Å²) in [7, 11) is -16.3. The number of nitrogens with one attached hydrogen (secondary N) is 1. The Hall–Kier alpha value is -2.86. The normalized spacial score (nSPS) is 30.3. The minimum absolute atomic E-state index is 0.0363. The number of rotatable bonds is 13. The molecule has 10 atom stereocenters. The lowest BCUT2D eigenvalue weighted by molar-refractivity contribution is -0.765. The van der Waals surface area contributed by atoms with E-state index in [1.165, 1.54) is 29.1 Å². The Bertz CT molecular complexity index is 1870. The van der Waals surface area contributed by atoms with E-state index in [4.69, 9.17) is 15.2 Å². The highest BCUT2D eigenvalue weighted by Gasteiger charge is 2.51. The van der Waals surface area contributed by atoms with Crippen molar-refractivity contribution in [1.29, 1.82) is 0 Å². The Morgan fingerprint density at radius 2 is 1.65 bits per heavy atom. The topological polar surface area (TPSA) is 359 Å². The zero-order valence-corrected chi connectivity index (χ0v) is 26.5. The SMILES string of the molecule is NC(=O)c1ccc[n+](C2OC(COP(=O)(O)OP(=O)(O)OCC3OC(n4cnc5c(=O)[nH]cnc54)C(OP(=O)(O)O)C3O)C(O)C2O)c1. The molecule has 3 aromatic heterocycles. The molecule has 5 heterocycles. The molecule has 3 aromatic rings. The molecule has 0 aliphatic carbocycles. The van der Waals surface area contributed by atoms with Crippen molar-refractivity contribution in [1.82, 2.24) is 19.5 Å². The van der Waals surface area contributed by atoms with Crippen LogP contribution in [0, 0.1) is 0 Å². The minimum atomic E-state index is -5.54. The maximum absolute atomic E-state index is 12.5. The first-order valence-electron chi connectivity index (χ1n) is 13.3. The highest BCUT2D eigenvalue weighted by molar-refractivity contribution is 7.61. The van der Waals surface area contributed by atoms with Gasteiger partial charge >= 0.3 is 23.5 Å². The summed E-state index contributed by atoms with van der Waals surface area (Å²) in [5.41, 5.74) is 4.22. The molecule has 48 heavy (non-hydrogen) atoms. The number of pyridine rings is 1. The molecule has 2 aliphatic rings. The van der Waals surface area contributed by atoms with Crippen LogP contribution in [0.1, 0.15) is 22.8 Å². The molecule has 2 aliphatic heterocycles. The van der Waals surface area contributed by atoms with Crippen LogP contribution in [0.5, 0.6) is 0 Å². The number of carbonyl (C=O) groups is 1. The zero-order chi connectivity index (χ0) is 35.2. The lowest BCUT2D eigenvalue weighted by atomic mass is 10.1. The molecule has 0 radical (unpaired) electrons. The molecule has 0 saturated carbocycles. The molecule has 264 valence electrons. The lowest BCUT2D eigenvalue weighted by Crippen LogP contribution is -2.46. The van der Waals surface area contributed by atoms with Gasteiger partial charge in [0.1, 0.15) is 36.1 Å². The predicted octanol–water partition coefficient (Wildman–Crippen LogP) is -3.19. The molecule has 0 spiro atoms. The second-order valence-electron chi connectivity index (χ2n) is 10.2. The third kappa shape index (κ3) is 8.12. The van der Waals surface area contributed by atoms with E-state index in [0.717, 1.165) is 17.2 Å². The van der Waals surface area contributed by atoms with Gasteiger partial charge in [-0.1, -0.05) is 0 Å². The van der Waals surface area contributed by atoms with Gasteiger partial charge in [-0.2, -0.15) is 8.88 Å². The van der Waals surface area contributed by atoms with Crippen LogP contribution in [0.4, 0.5) is 0 Å². The van der Waals surface area contributed by atoms with E-state index in [9.17, 15) is 58.2 Å². The average Bonchev–Trinajstić information content (AvgIpc) is 3.64. The number of hydrogen-bond donors (Lipinski definition) is 9. The first kappa shape index (κ1) is 36.4. The number of imidazole rings is 1. The standard InChI is InChI=1S/C21H27N6O18P3/c22-17(31)9-2-1-3-26(4-9)20-15(30)13(28)10(42-20)5-40-47(36,37)45-48(38,39)41-6-11-14(29)16(44-46(33,34)35)21(43-11)27-8-25-12-18(27)23-7-24-19(12)32/h1-4,7-8,10-11,13-16,20-21,28-30H,5-6H2,(H6-,22,23,24,31,32,33,34,35,36,37,38,39)/p+1. The number of fused-ring (bicyclic) bond motifs is 1. The second kappa shape index (κ2) is 13.8. The molecule has 2 saturated heterocycles. The lowest BCUT2D eigenvalue weighted by Gasteiger charge is -2.22. The number of aliphatic hydroxyl groups is 3. The van der Waals surface area contributed by atoms with Gasteiger partial charge in [0.15, 0.2) is 35.9 Å². The van der Waals surface area contributed by atoms with Gasteiger partial charge in [-0.3, -0.25) is 27.7 Å². The number of aliphatic hydroxyl groups excluding tert-OH is 3. The van der Waals surface area contributed by atoms with Crippen LogP contribution in [-0.2, 0) is 41.1 Å². The fourth-order valence-electron chi connectivity index (χ4n) is 4.82. The third-order valence-electron chi connectivity index (χ3n) is 6.96. The number of nitrogens with zero attached hydrogens (tertiary/aromatic N) is 4. The number of carbonyl (C=O) groups excluding carboxylic acids is 1. The summed E-state index contributed by atoms with van der Waals surface area (Å²) >= 11 is 0. The molecule has 1 amide bonds. The quantitative estimate of drug-likeness (QED) is 0.0615. The van der Waals surface area contributed by atoms with E-state index in [2.05, 4.69) is 32.8 Å². The first-order valence-corrected chi connectivity index (χ1v) is 17.8. The summed E-state index contributed by atoms with van der Waals surface area (Å²) in [5, 5.41) is 31.5. The number of nitrogens with two attached hydrogens (primary N) is 1. The highest BCUT2D eigenvalue weighted by Crippen LogP contribution is 2.61.